The van der Waals surface area contributed by atoms with E-state index in [2.05, 4.69) is 26.0 Å². The second-order valence-electron chi connectivity index (χ2n) is 15.4. The van der Waals surface area contributed by atoms with Crippen LogP contribution in [0.3, 0.4) is 0 Å². The first-order chi connectivity index (χ1) is 26.4. The summed E-state index contributed by atoms with van der Waals surface area (Å²) < 4.78 is 34.1. The molecular formula is C44H79NO9P+. The molecule has 11 heteroatoms. The third-order valence-corrected chi connectivity index (χ3v) is 9.82. The van der Waals surface area contributed by atoms with Crippen LogP contribution in [-0.4, -0.2) is 80.7 Å². The maximum atomic E-state index is 12.6. The summed E-state index contributed by atoms with van der Waals surface area (Å²) in [5.74, 6) is -0.730. The topological polar surface area (TPSA) is 125 Å². The molecule has 0 rings (SSSR count). The summed E-state index contributed by atoms with van der Waals surface area (Å²) >= 11 is 0. The molecule has 0 saturated carbocycles. The molecule has 10 nitrogen and oxygen atoms in total. The number of carbonyl (C=O) groups is 3. The molecule has 0 aliphatic heterocycles. The molecule has 0 heterocycles. The van der Waals surface area contributed by atoms with Gasteiger partial charge in [0.1, 0.15) is 19.8 Å². The van der Waals surface area contributed by atoms with E-state index in [0.29, 0.717) is 30.3 Å². The summed E-state index contributed by atoms with van der Waals surface area (Å²) in [5.41, 5.74) is 0. The van der Waals surface area contributed by atoms with E-state index in [0.717, 1.165) is 51.4 Å². The summed E-state index contributed by atoms with van der Waals surface area (Å²) in [5, 5.41) is 0. The average Bonchev–Trinajstić information content (AvgIpc) is 3.12. The number of likely N-dealkylation sites (N-methyl/N-ethyl adjacent to an activating group) is 1. The molecule has 1 unspecified atom stereocenters. The Kier molecular flexibility index (Phi) is 34.5. The predicted octanol–water partition coefficient (Wildman–Crippen LogP) is 11.1. The SMILES string of the molecule is CCCCCCCCCCCCCCCC(=O)OC[C@H](COP(=O)(O)OCC[N+](C)(C)C)OC(=O)CCC/C=C\C/C=C\C/C=C\C=C\C(=O)CCCCC. The molecule has 0 aliphatic rings. The minimum Gasteiger partial charge on any atom is -0.462 e. The molecular weight excluding hydrogens is 717 g/mol. The highest BCUT2D eigenvalue weighted by Gasteiger charge is 2.27. The molecule has 2 atom stereocenters. The first kappa shape index (κ1) is 52.6. The van der Waals surface area contributed by atoms with Gasteiger partial charge >= 0.3 is 19.8 Å². The van der Waals surface area contributed by atoms with E-state index in [1.54, 1.807) is 12.2 Å². The fourth-order valence-electron chi connectivity index (χ4n) is 5.43. The Balaban J connectivity index is 4.53. The van der Waals surface area contributed by atoms with Crippen LogP contribution in [0.1, 0.15) is 162 Å². The number of carbonyl (C=O) groups excluding carboxylic acids is 3. The zero-order valence-corrected chi connectivity index (χ0v) is 36.3. The van der Waals surface area contributed by atoms with Gasteiger partial charge in [0.2, 0.25) is 0 Å². The molecule has 0 saturated heterocycles. The van der Waals surface area contributed by atoms with Crippen LogP contribution in [0.2, 0.25) is 0 Å². The van der Waals surface area contributed by atoms with Gasteiger partial charge in [-0.2, -0.15) is 0 Å². The fraction of sp³-hybridized carbons (Fsp3) is 0.750. The number of ether oxygens (including phenoxy) is 2. The molecule has 1 N–H and O–H groups in total. The van der Waals surface area contributed by atoms with Gasteiger partial charge in [0.15, 0.2) is 11.9 Å². The van der Waals surface area contributed by atoms with Crippen LogP contribution in [-0.2, 0) is 37.5 Å². The lowest BCUT2D eigenvalue weighted by molar-refractivity contribution is -0.870. The Morgan fingerprint density at radius 1 is 0.618 bits per heavy atom. The number of hydrogen-bond acceptors (Lipinski definition) is 8. The van der Waals surface area contributed by atoms with Crippen molar-refractivity contribution in [2.75, 3.05) is 47.5 Å². The third kappa shape index (κ3) is 39.7. The summed E-state index contributed by atoms with van der Waals surface area (Å²) in [4.78, 5) is 47.0. The van der Waals surface area contributed by atoms with E-state index in [4.69, 9.17) is 18.5 Å². The number of ketones is 1. The third-order valence-electron chi connectivity index (χ3n) is 8.84. The van der Waals surface area contributed by atoms with Gasteiger partial charge in [0.05, 0.1) is 27.7 Å². The van der Waals surface area contributed by atoms with E-state index >= 15 is 0 Å². The van der Waals surface area contributed by atoms with Crippen molar-refractivity contribution in [3.05, 3.63) is 48.6 Å². The Bertz CT molecular complexity index is 1140. The van der Waals surface area contributed by atoms with E-state index in [-0.39, 0.29) is 31.8 Å². The van der Waals surface area contributed by atoms with Gasteiger partial charge < -0.3 is 18.9 Å². The predicted molar refractivity (Wildman–Crippen MR) is 225 cm³/mol. The number of phosphoric ester groups is 1. The number of phosphoric acid groups is 1. The molecule has 318 valence electrons. The highest BCUT2D eigenvalue weighted by atomic mass is 31.2. The molecule has 0 aromatic carbocycles. The lowest BCUT2D eigenvalue weighted by Crippen LogP contribution is -2.37. The van der Waals surface area contributed by atoms with Gasteiger partial charge in [-0.05, 0) is 44.6 Å². The number of esters is 2. The van der Waals surface area contributed by atoms with Gasteiger partial charge in [-0.1, -0.05) is 146 Å². The number of unbranched alkanes of at least 4 members (excludes halogenated alkanes) is 15. The van der Waals surface area contributed by atoms with Crippen molar-refractivity contribution in [3.63, 3.8) is 0 Å². The van der Waals surface area contributed by atoms with Crippen LogP contribution < -0.4 is 0 Å². The number of allylic oxidation sites excluding steroid dienone is 8. The van der Waals surface area contributed by atoms with Gasteiger partial charge in [0, 0.05) is 19.3 Å². The number of hydrogen-bond donors (Lipinski definition) is 1. The van der Waals surface area contributed by atoms with Gasteiger partial charge in [-0.3, -0.25) is 23.4 Å². The standard InChI is InChI=1S/C44H78NO9P/c1-6-8-10-11-12-13-14-15-18-21-24-27-31-35-43(47)51-39-42(40-53-55(49,50)52-38-37-45(3,4)5)54-44(48)36-32-28-25-22-19-16-17-20-23-26-30-34-41(46)33-29-9-7-2/h16-17,22-23,25-26,30,34,42H,6-15,18-21,24,27-29,31-33,35-40H2,1-5H3/p+1/b17-16-,25-22-,26-23-,34-30+/t42-/m1/s1. The Morgan fingerprint density at radius 2 is 1.15 bits per heavy atom. The molecule has 0 bridgehead atoms. The summed E-state index contributed by atoms with van der Waals surface area (Å²) in [6.45, 7) is 4.16. The maximum absolute atomic E-state index is 12.6. The summed E-state index contributed by atoms with van der Waals surface area (Å²) in [6, 6.07) is 0. The van der Waals surface area contributed by atoms with Gasteiger partial charge in [0.25, 0.3) is 0 Å². The van der Waals surface area contributed by atoms with Crippen molar-refractivity contribution < 1.29 is 46.8 Å². The van der Waals surface area contributed by atoms with Crippen LogP contribution in [0.25, 0.3) is 0 Å². The Morgan fingerprint density at radius 3 is 1.76 bits per heavy atom. The van der Waals surface area contributed by atoms with Crippen LogP contribution in [0, 0.1) is 0 Å². The first-order valence-electron chi connectivity index (χ1n) is 21.3. The number of quaternary nitrogens is 1. The van der Waals surface area contributed by atoms with Crippen LogP contribution in [0.4, 0.5) is 0 Å². The van der Waals surface area contributed by atoms with E-state index in [1.165, 1.54) is 64.2 Å². The van der Waals surface area contributed by atoms with Gasteiger partial charge in [-0.15, -0.1) is 0 Å². The molecule has 0 aromatic heterocycles. The second kappa shape index (κ2) is 36.0. The van der Waals surface area contributed by atoms with Crippen molar-refractivity contribution >= 4 is 25.5 Å². The normalized spacial score (nSPS) is 14.0. The van der Waals surface area contributed by atoms with Crippen molar-refractivity contribution in [2.45, 2.75) is 168 Å². The molecule has 0 amide bonds. The molecule has 55 heavy (non-hydrogen) atoms. The Hall–Kier alpha value is -2.36. The van der Waals surface area contributed by atoms with Crippen LogP contribution in [0.15, 0.2) is 48.6 Å². The Labute approximate surface area is 335 Å². The zero-order chi connectivity index (χ0) is 40.9. The van der Waals surface area contributed by atoms with E-state index < -0.39 is 32.5 Å². The quantitative estimate of drug-likeness (QED) is 0.0124. The lowest BCUT2D eigenvalue weighted by Gasteiger charge is -2.24. The summed E-state index contributed by atoms with van der Waals surface area (Å²) in [6.07, 6.45) is 37.2. The van der Waals surface area contributed by atoms with E-state index in [9.17, 15) is 23.8 Å². The van der Waals surface area contributed by atoms with Crippen molar-refractivity contribution in [1.82, 2.24) is 0 Å². The van der Waals surface area contributed by atoms with Crippen LogP contribution >= 0.6 is 7.82 Å². The van der Waals surface area contributed by atoms with Crippen molar-refractivity contribution in [1.29, 1.82) is 0 Å². The number of nitrogens with zero attached hydrogens (tertiary/aromatic N) is 1. The number of rotatable bonds is 38. The molecule has 0 aliphatic carbocycles. The maximum Gasteiger partial charge on any atom is 0.472 e. The van der Waals surface area contributed by atoms with Crippen molar-refractivity contribution in [2.24, 2.45) is 0 Å². The van der Waals surface area contributed by atoms with Crippen molar-refractivity contribution in [3.8, 4) is 0 Å². The first-order valence-corrected chi connectivity index (χ1v) is 22.8. The zero-order valence-electron chi connectivity index (χ0n) is 35.4. The van der Waals surface area contributed by atoms with Crippen LogP contribution in [0.5, 0.6) is 0 Å². The largest absolute Gasteiger partial charge is 0.472 e. The summed E-state index contributed by atoms with van der Waals surface area (Å²) in [7, 11) is 1.40. The molecule has 0 radical (unpaired) electrons. The average molecular weight is 797 g/mol. The second-order valence-corrected chi connectivity index (χ2v) is 16.9. The highest BCUT2D eigenvalue weighted by molar-refractivity contribution is 7.47. The monoisotopic (exact) mass is 797 g/mol. The minimum atomic E-state index is -4.40. The highest BCUT2D eigenvalue weighted by Crippen LogP contribution is 2.43. The smallest absolute Gasteiger partial charge is 0.462 e. The molecule has 0 aromatic rings. The van der Waals surface area contributed by atoms with Gasteiger partial charge in [-0.25, -0.2) is 4.57 Å². The minimum absolute atomic E-state index is 0.0102. The molecule has 0 fully saturated rings. The lowest BCUT2D eigenvalue weighted by atomic mass is 10.0. The fourth-order valence-corrected chi connectivity index (χ4v) is 6.17. The van der Waals surface area contributed by atoms with E-state index in [1.807, 2.05) is 45.4 Å². The molecule has 0 spiro atoms.